The van der Waals surface area contributed by atoms with E-state index in [9.17, 15) is 18.0 Å². The smallest absolute Gasteiger partial charge is 0.269 e. The molecule has 1 aliphatic rings. The zero-order valence-corrected chi connectivity index (χ0v) is 16.4. The maximum absolute atomic E-state index is 12.7. The first-order chi connectivity index (χ1) is 13.2. The highest BCUT2D eigenvalue weighted by Crippen LogP contribution is 2.32. The Morgan fingerprint density at radius 1 is 1.11 bits per heavy atom. The monoisotopic (exact) mass is 397 g/mol. The second-order valence-electron chi connectivity index (χ2n) is 7.12. The summed E-state index contributed by atoms with van der Waals surface area (Å²) in [6.45, 7) is 5.21. The summed E-state index contributed by atoms with van der Waals surface area (Å²) in [5.41, 5.74) is 2.84. The zero-order valence-electron chi connectivity index (χ0n) is 15.6. The molecular formula is C20H19N3O4S. The van der Waals surface area contributed by atoms with E-state index in [2.05, 4.69) is 10.3 Å². The number of nitrogens with zero attached hydrogens (tertiary/aromatic N) is 1. The Morgan fingerprint density at radius 2 is 1.86 bits per heavy atom. The molecule has 8 heteroatoms. The van der Waals surface area contributed by atoms with Gasteiger partial charge in [0.25, 0.3) is 21.8 Å². The molecule has 0 unspecified atom stereocenters. The second-order valence-corrected chi connectivity index (χ2v) is 8.90. The molecule has 0 spiro atoms. The minimum absolute atomic E-state index is 0.0921. The van der Waals surface area contributed by atoms with Gasteiger partial charge in [-0.3, -0.25) is 9.59 Å². The average Bonchev–Trinajstić information content (AvgIpc) is 3.08. The molecule has 0 aliphatic carbocycles. The van der Waals surface area contributed by atoms with Crippen molar-refractivity contribution >= 4 is 38.4 Å². The Morgan fingerprint density at radius 3 is 2.57 bits per heavy atom. The third-order valence-corrected chi connectivity index (χ3v) is 6.69. The number of aromatic amines is 1. The fraction of sp³-hybridized carbons (Fsp3) is 0.200. The van der Waals surface area contributed by atoms with Gasteiger partial charge in [0.2, 0.25) is 0 Å². The van der Waals surface area contributed by atoms with E-state index in [1.165, 1.54) is 18.2 Å². The summed E-state index contributed by atoms with van der Waals surface area (Å²) < 4.78 is 26.2. The van der Waals surface area contributed by atoms with Gasteiger partial charge in [0.05, 0.1) is 5.56 Å². The van der Waals surface area contributed by atoms with Crippen molar-refractivity contribution in [3.63, 3.8) is 0 Å². The van der Waals surface area contributed by atoms with Crippen molar-refractivity contribution in [1.82, 2.24) is 9.29 Å². The van der Waals surface area contributed by atoms with Gasteiger partial charge in [0.15, 0.2) is 0 Å². The summed E-state index contributed by atoms with van der Waals surface area (Å²) in [7, 11) is -3.95. The lowest BCUT2D eigenvalue weighted by Crippen LogP contribution is -2.36. The number of aromatic nitrogens is 1. The minimum atomic E-state index is -3.95. The van der Waals surface area contributed by atoms with Crippen LogP contribution in [0.1, 0.15) is 40.3 Å². The largest absolute Gasteiger partial charge is 0.359 e. The lowest BCUT2D eigenvalue weighted by atomic mass is 10.1. The molecule has 1 aromatic heterocycles. The van der Waals surface area contributed by atoms with Crippen molar-refractivity contribution in [3.8, 4) is 0 Å². The van der Waals surface area contributed by atoms with Gasteiger partial charge in [0.1, 0.15) is 4.90 Å². The number of fused-ring (bicyclic) bond motifs is 2. The van der Waals surface area contributed by atoms with E-state index in [0.717, 1.165) is 20.9 Å². The topological polar surface area (TPSA) is 99.3 Å². The van der Waals surface area contributed by atoms with Crippen molar-refractivity contribution < 1.29 is 18.0 Å². The van der Waals surface area contributed by atoms with Crippen LogP contribution in [0.3, 0.4) is 0 Å². The van der Waals surface area contributed by atoms with Gasteiger partial charge < -0.3 is 10.3 Å². The molecule has 0 radical (unpaired) electrons. The Kier molecular flexibility index (Phi) is 4.04. The van der Waals surface area contributed by atoms with Crippen molar-refractivity contribution in [2.24, 2.45) is 0 Å². The predicted octanol–water partition coefficient (Wildman–Crippen LogP) is 3.28. The number of H-pyrrole nitrogens is 1. The molecule has 144 valence electrons. The maximum atomic E-state index is 12.7. The molecule has 0 saturated heterocycles. The number of rotatable bonds is 3. The lowest BCUT2D eigenvalue weighted by Gasteiger charge is -2.18. The number of carbonyl (C=O) groups excluding carboxylic acids is 2. The maximum Gasteiger partial charge on any atom is 0.269 e. The normalized spacial score (nSPS) is 15.3. The van der Waals surface area contributed by atoms with Crippen molar-refractivity contribution in [3.05, 3.63) is 59.3 Å². The molecule has 7 nitrogen and oxygen atoms in total. The first-order valence-corrected chi connectivity index (χ1v) is 10.3. The van der Waals surface area contributed by atoms with Crippen LogP contribution in [0.2, 0.25) is 0 Å². The molecule has 2 aromatic carbocycles. The SMILES string of the molecule is Cc1cc2cc(NC(=O)c3ccc4c(c3)S(=O)(=O)N(C(C)C)C4=O)ccc2[nH]1. The summed E-state index contributed by atoms with van der Waals surface area (Å²) in [6, 6.07) is 11.1. The van der Waals surface area contributed by atoms with E-state index in [-0.39, 0.29) is 16.0 Å². The molecule has 1 aliphatic heterocycles. The number of hydrogen-bond donors (Lipinski definition) is 2. The van der Waals surface area contributed by atoms with E-state index in [4.69, 9.17) is 0 Å². The van der Waals surface area contributed by atoms with Gasteiger partial charge in [-0.05, 0) is 63.2 Å². The quantitative estimate of drug-likeness (QED) is 0.708. The van der Waals surface area contributed by atoms with Gasteiger partial charge in [-0.2, -0.15) is 0 Å². The summed E-state index contributed by atoms with van der Waals surface area (Å²) >= 11 is 0. The van der Waals surface area contributed by atoms with E-state index in [0.29, 0.717) is 5.69 Å². The van der Waals surface area contributed by atoms with Gasteiger partial charge >= 0.3 is 0 Å². The Labute approximate surface area is 162 Å². The van der Waals surface area contributed by atoms with E-state index in [1.54, 1.807) is 19.9 Å². The Balaban J connectivity index is 1.66. The number of benzene rings is 2. The summed E-state index contributed by atoms with van der Waals surface area (Å²) in [5, 5.41) is 3.74. The third kappa shape index (κ3) is 2.77. The third-order valence-electron chi connectivity index (χ3n) is 4.69. The lowest BCUT2D eigenvalue weighted by molar-refractivity contribution is 0.0846. The number of amides is 2. The first kappa shape index (κ1) is 18.2. The number of sulfonamides is 1. The van der Waals surface area contributed by atoms with Crippen LogP contribution < -0.4 is 5.32 Å². The summed E-state index contributed by atoms with van der Waals surface area (Å²) in [4.78, 5) is 28.1. The van der Waals surface area contributed by atoms with Crippen LogP contribution >= 0.6 is 0 Å². The number of anilines is 1. The van der Waals surface area contributed by atoms with Gasteiger partial charge in [-0.1, -0.05) is 0 Å². The molecule has 4 rings (SSSR count). The highest BCUT2D eigenvalue weighted by molar-refractivity contribution is 7.90. The molecule has 2 amide bonds. The molecule has 28 heavy (non-hydrogen) atoms. The van der Waals surface area contributed by atoms with E-state index >= 15 is 0 Å². The molecule has 0 atom stereocenters. The van der Waals surface area contributed by atoms with Crippen LogP contribution in [-0.4, -0.2) is 35.6 Å². The van der Waals surface area contributed by atoms with Crippen molar-refractivity contribution in [1.29, 1.82) is 0 Å². The molecule has 2 N–H and O–H groups in total. The second kappa shape index (κ2) is 6.20. The fourth-order valence-electron chi connectivity index (χ4n) is 3.46. The number of carbonyl (C=O) groups is 2. The minimum Gasteiger partial charge on any atom is -0.359 e. The van der Waals surface area contributed by atoms with Gasteiger partial charge in [0, 0.05) is 33.9 Å². The predicted molar refractivity (Wildman–Crippen MR) is 106 cm³/mol. The van der Waals surface area contributed by atoms with Crippen molar-refractivity contribution in [2.45, 2.75) is 31.7 Å². The summed E-state index contributed by atoms with van der Waals surface area (Å²) in [6.07, 6.45) is 0. The molecule has 3 aromatic rings. The number of aryl methyl sites for hydroxylation is 1. The molecular weight excluding hydrogens is 378 g/mol. The van der Waals surface area contributed by atoms with Gasteiger partial charge in [-0.15, -0.1) is 0 Å². The Hall–Kier alpha value is -3.13. The molecule has 0 saturated carbocycles. The fourth-order valence-corrected chi connectivity index (χ4v) is 5.25. The van der Waals surface area contributed by atoms with E-state index in [1.807, 2.05) is 25.1 Å². The number of hydrogen-bond acceptors (Lipinski definition) is 4. The van der Waals surface area contributed by atoms with Gasteiger partial charge in [-0.25, -0.2) is 12.7 Å². The number of nitrogens with one attached hydrogen (secondary N) is 2. The van der Waals surface area contributed by atoms with Crippen LogP contribution in [0.25, 0.3) is 10.9 Å². The van der Waals surface area contributed by atoms with Crippen LogP contribution in [0, 0.1) is 6.92 Å². The molecule has 0 bridgehead atoms. The van der Waals surface area contributed by atoms with Crippen LogP contribution in [-0.2, 0) is 10.0 Å². The van der Waals surface area contributed by atoms with Crippen LogP contribution in [0.15, 0.2) is 47.4 Å². The Bertz CT molecular complexity index is 1240. The van der Waals surface area contributed by atoms with Crippen LogP contribution in [0.5, 0.6) is 0 Å². The van der Waals surface area contributed by atoms with E-state index < -0.39 is 27.9 Å². The van der Waals surface area contributed by atoms with Crippen LogP contribution in [0.4, 0.5) is 5.69 Å². The highest BCUT2D eigenvalue weighted by Gasteiger charge is 2.42. The summed E-state index contributed by atoms with van der Waals surface area (Å²) in [5.74, 6) is -1.01. The standard InChI is InChI=1S/C20H19N3O4S/c1-11(2)23-20(25)16-6-4-13(10-18(16)28(23,26)27)19(24)22-15-5-7-17-14(9-15)8-12(3)21-17/h4-11,21H,1-3H3,(H,22,24). The molecule has 2 heterocycles. The molecule has 0 fully saturated rings. The van der Waals surface area contributed by atoms with Crippen molar-refractivity contribution in [2.75, 3.05) is 5.32 Å². The average molecular weight is 397 g/mol. The highest BCUT2D eigenvalue weighted by atomic mass is 32.2. The zero-order chi connectivity index (χ0) is 20.2. The first-order valence-electron chi connectivity index (χ1n) is 8.82.